The van der Waals surface area contributed by atoms with Crippen LogP contribution in [0.1, 0.15) is 44.4 Å². The molecule has 0 aliphatic carbocycles. The van der Waals surface area contributed by atoms with Gasteiger partial charge in [0.1, 0.15) is 0 Å². The molecule has 1 aromatic rings. The average molecular weight is 262 g/mol. The Morgan fingerprint density at radius 1 is 1.11 bits per heavy atom. The van der Waals surface area contributed by atoms with Crippen molar-refractivity contribution in [2.45, 2.75) is 46.2 Å². The molecule has 2 heteroatoms. The maximum absolute atomic E-state index is 3.73. The van der Waals surface area contributed by atoms with Crippen LogP contribution in [0.15, 0.2) is 24.3 Å². The average Bonchev–Trinajstić information content (AvgIpc) is 2.35. The van der Waals surface area contributed by atoms with Gasteiger partial charge in [-0.05, 0) is 38.9 Å². The SMILES string of the molecule is CCC(NCC(C(C)C)N(C)C)c1ccc(C)cc1. The minimum Gasteiger partial charge on any atom is -0.308 e. The van der Waals surface area contributed by atoms with Crippen molar-refractivity contribution in [3.8, 4) is 0 Å². The monoisotopic (exact) mass is 262 g/mol. The number of rotatable bonds is 7. The van der Waals surface area contributed by atoms with Crippen LogP contribution in [-0.2, 0) is 0 Å². The lowest BCUT2D eigenvalue weighted by molar-refractivity contribution is 0.218. The quantitative estimate of drug-likeness (QED) is 0.807. The fourth-order valence-electron chi connectivity index (χ4n) is 2.57. The fourth-order valence-corrected chi connectivity index (χ4v) is 2.57. The van der Waals surface area contributed by atoms with Gasteiger partial charge >= 0.3 is 0 Å². The first kappa shape index (κ1) is 16.2. The largest absolute Gasteiger partial charge is 0.308 e. The number of nitrogens with one attached hydrogen (secondary N) is 1. The summed E-state index contributed by atoms with van der Waals surface area (Å²) in [5.74, 6) is 0.665. The van der Waals surface area contributed by atoms with E-state index in [9.17, 15) is 0 Å². The first-order chi connectivity index (χ1) is 8.95. The summed E-state index contributed by atoms with van der Waals surface area (Å²) < 4.78 is 0. The molecule has 0 bridgehead atoms. The van der Waals surface area contributed by atoms with E-state index in [0.29, 0.717) is 18.0 Å². The van der Waals surface area contributed by atoms with E-state index in [1.165, 1.54) is 11.1 Å². The van der Waals surface area contributed by atoms with Crippen molar-refractivity contribution < 1.29 is 0 Å². The Hall–Kier alpha value is -0.860. The first-order valence-corrected chi connectivity index (χ1v) is 7.42. The summed E-state index contributed by atoms with van der Waals surface area (Å²) in [6, 6.07) is 9.94. The van der Waals surface area contributed by atoms with Crippen LogP contribution in [0.2, 0.25) is 0 Å². The van der Waals surface area contributed by atoms with Gasteiger partial charge in [-0.25, -0.2) is 0 Å². The van der Waals surface area contributed by atoms with E-state index in [2.05, 4.69) is 76.3 Å². The van der Waals surface area contributed by atoms with Crippen LogP contribution in [0.5, 0.6) is 0 Å². The Morgan fingerprint density at radius 2 is 1.68 bits per heavy atom. The van der Waals surface area contributed by atoms with Crippen LogP contribution < -0.4 is 5.32 Å². The molecule has 2 unspecified atom stereocenters. The van der Waals surface area contributed by atoms with Gasteiger partial charge in [0.05, 0.1) is 0 Å². The smallest absolute Gasteiger partial charge is 0.0318 e. The lowest BCUT2D eigenvalue weighted by Gasteiger charge is -2.30. The maximum Gasteiger partial charge on any atom is 0.0318 e. The standard InChI is InChI=1S/C17H30N2/c1-7-16(15-10-8-14(4)9-11-15)18-12-17(13(2)3)19(5)6/h8-11,13,16-18H,7,12H2,1-6H3. The highest BCUT2D eigenvalue weighted by Gasteiger charge is 2.17. The second kappa shape index (κ2) is 7.66. The molecule has 108 valence electrons. The predicted octanol–water partition coefficient (Wildman–Crippen LogP) is 3.62. The number of nitrogens with zero attached hydrogens (tertiary/aromatic N) is 1. The molecular formula is C17H30N2. The van der Waals surface area contributed by atoms with Crippen LogP contribution >= 0.6 is 0 Å². The zero-order chi connectivity index (χ0) is 14.4. The molecule has 19 heavy (non-hydrogen) atoms. The summed E-state index contributed by atoms with van der Waals surface area (Å²) in [6.07, 6.45) is 1.13. The molecule has 1 rings (SSSR count). The van der Waals surface area contributed by atoms with E-state index >= 15 is 0 Å². The van der Waals surface area contributed by atoms with Crippen LogP contribution in [-0.4, -0.2) is 31.6 Å². The van der Waals surface area contributed by atoms with Crippen LogP contribution in [0, 0.1) is 12.8 Å². The molecule has 2 nitrogen and oxygen atoms in total. The zero-order valence-electron chi connectivity index (χ0n) is 13.4. The summed E-state index contributed by atoms with van der Waals surface area (Å²) in [4.78, 5) is 2.32. The molecule has 0 amide bonds. The van der Waals surface area contributed by atoms with Crippen LogP contribution in [0.25, 0.3) is 0 Å². The van der Waals surface area contributed by atoms with E-state index in [0.717, 1.165) is 13.0 Å². The number of hydrogen-bond acceptors (Lipinski definition) is 2. The van der Waals surface area contributed by atoms with Gasteiger partial charge in [0.2, 0.25) is 0 Å². The zero-order valence-corrected chi connectivity index (χ0v) is 13.4. The molecule has 0 heterocycles. The Kier molecular flexibility index (Phi) is 6.53. The molecule has 0 saturated carbocycles. The molecule has 0 aliphatic rings. The Labute approximate surface area is 119 Å². The highest BCUT2D eigenvalue weighted by Crippen LogP contribution is 2.18. The van der Waals surface area contributed by atoms with Crippen molar-refractivity contribution in [3.05, 3.63) is 35.4 Å². The molecular weight excluding hydrogens is 232 g/mol. The maximum atomic E-state index is 3.73. The fraction of sp³-hybridized carbons (Fsp3) is 0.647. The minimum atomic E-state index is 0.460. The van der Waals surface area contributed by atoms with Gasteiger partial charge in [-0.1, -0.05) is 50.6 Å². The third-order valence-corrected chi connectivity index (χ3v) is 3.89. The molecule has 0 radical (unpaired) electrons. The Morgan fingerprint density at radius 3 is 2.11 bits per heavy atom. The Balaban J connectivity index is 2.64. The third-order valence-electron chi connectivity index (χ3n) is 3.89. The topological polar surface area (TPSA) is 15.3 Å². The van der Waals surface area contributed by atoms with Gasteiger partial charge in [0.15, 0.2) is 0 Å². The van der Waals surface area contributed by atoms with Gasteiger partial charge in [0.25, 0.3) is 0 Å². The third kappa shape index (κ3) is 4.96. The van der Waals surface area contributed by atoms with Gasteiger partial charge in [-0.3, -0.25) is 0 Å². The minimum absolute atomic E-state index is 0.460. The lowest BCUT2D eigenvalue weighted by Crippen LogP contribution is -2.42. The molecule has 1 aromatic carbocycles. The molecule has 0 spiro atoms. The summed E-state index contributed by atoms with van der Waals surface area (Å²) in [7, 11) is 4.33. The van der Waals surface area contributed by atoms with E-state index < -0.39 is 0 Å². The highest BCUT2D eigenvalue weighted by atomic mass is 15.1. The summed E-state index contributed by atoms with van der Waals surface area (Å²) in [5.41, 5.74) is 2.72. The van der Waals surface area contributed by atoms with E-state index in [4.69, 9.17) is 0 Å². The lowest BCUT2D eigenvalue weighted by atomic mass is 10.00. The number of aryl methyl sites for hydroxylation is 1. The Bertz CT molecular complexity index is 346. The van der Waals surface area contributed by atoms with Crippen molar-refractivity contribution in [1.82, 2.24) is 10.2 Å². The molecule has 0 fully saturated rings. The van der Waals surface area contributed by atoms with Crippen molar-refractivity contribution in [1.29, 1.82) is 0 Å². The predicted molar refractivity (Wildman–Crippen MR) is 84.5 cm³/mol. The van der Waals surface area contributed by atoms with Gasteiger partial charge in [-0.15, -0.1) is 0 Å². The van der Waals surface area contributed by atoms with E-state index in [1.54, 1.807) is 0 Å². The first-order valence-electron chi connectivity index (χ1n) is 7.42. The van der Waals surface area contributed by atoms with Gasteiger partial charge in [0, 0.05) is 18.6 Å². The van der Waals surface area contributed by atoms with Crippen molar-refractivity contribution in [3.63, 3.8) is 0 Å². The molecule has 0 saturated heterocycles. The number of likely N-dealkylation sites (N-methyl/N-ethyl adjacent to an activating group) is 1. The van der Waals surface area contributed by atoms with E-state index in [1.807, 2.05) is 0 Å². The summed E-state index contributed by atoms with van der Waals surface area (Å²) >= 11 is 0. The van der Waals surface area contributed by atoms with Crippen molar-refractivity contribution in [2.75, 3.05) is 20.6 Å². The van der Waals surface area contributed by atoms with Crippen LogP contribution in [0.3, 0.4) is 0 Å². The van der Waals surface area contributed by atoms with E-state index in [-0.39, 0.29) is 0 Å². The van der Waals surface area contributed by atoms with Crippen molar-refractivity contribution >= 4 is 0 Å². The number of benzene rings is 1. The highest BCUT2D eigenvalue weighted by molar-refractivity contribution is 5.24. The molecule has 0 aliphatic heterocycles. The second-order valence-corrected chi connectivity index (χ2v) is 6.05. The molecule has 2 atom stereocenters. The molecule has 0 aromatic heterocycles. The normalized spacial score (nSPS) is 14.9. The number of hydrogen-bond donors (Lipinski definition) is 1. The van der Waals surface area contributed by atoms with Crippen molar-refractivity contribution in [2.24, 2.45) is 5.92 Å². The van der Waals surface area contributed by atoms with Gasteiger partial charge in [-0.2, -0.15) is 0 Å². The summed E-state index contributed by atoms with van der Waals surface area (Å²) in [5, 5.41) is 3.73. The van der Waals surface area contributed by atoms with Crippen LogP contribution in [0.4, 0.5) is 0 Å². The second-order valence-electron chi connectivity index (χ2n) is 6.05. The van der Waals surface area contributed by atoms with Gasteiger partial charge < -0.3 is 10.2 Å². The molecule has 1 N–H and O–H groups in total. The summed E-state index contributed by atoms with van der Waals surface area (Å²) in [6.45, 7) is 10.0.